The van der Waals surface area contributed by atoms with Crippen LogP contribution in [0.5, 0.6) is 0 Å². The maximum absolute atomic E-state index is 3.73. The molecular weight excluding hydrogens is 246 g/mol. The van der Waals surface area contributed by atoms with Crippen molar-refractivity contribution in [2.45, 2.75) is 45.2 Å². The van der Waals surface area contributed by atoms with E-state index in [1.165, 1.54) is 17.8 Å². The van der Waals surface area contributed by atoms with Gasteiger partial charge < -0.3 is 15.1 Å². The Labute approximate surface area is 124 Å². The van der Waals surface area contributed by atoms with E-state index >= 15 is 0 Å². The first-order valence-electron chi connectivity index (χ1n) is 7.78. The van der Waals surface area contributed by atoms with Gasteiger partial charge in [-0.25, -0.2) is 0 Å². The van der Waals surface area contributed by atoms with Crippen molar-refractivity contribution in [3.63, 3.8) is 0 Å². The number of nitrogens with zero attached hydrogens (tertiary/aromatic N) is 2. The minimum Gasteiger partial charge on any atom is -0.378 e. The summed E-state index contributed by atoms with van der Waals surface area (Å²) in [5.41, 5.74) is 2.85. The second kappa shape index (κ2) is 6.04. The van der Waals surface area contributed by atoms with Crippen molar-refractivity contribution in [1.82, 2.24) is 5.32 Å². The predicted molar refractivity (Wildman–Crippen MR) is 88.9 cm³/mol. The molecule has 0 amide bonds. The van der Waals surface area contributed by atoms with Crippen LogP contribution in [0.4, 0.5) is 11.4 Å². The first kappa shape index (κ1) is 15.2. The van der Waals surface area contributed by atoms with Crippen LogP contribution >= 0.6 is 0 Å². The Kier molecular flexibility index (Phi) is 4.59. The molecule has 1 aliphatic rings. The molecule has 20 heavy (non-hydrogen) atoms. The van der Waals surface area contributed by atoms with Gasteiger partial charge in [-0.15, -0.1) is 0 Å². The standard InChI is InChI=1S/C17H29N3/c1-6-14-12-18-17(3,7-2)13-20(14)16-10-8-9-15(11-16)19(4)5/h8-11,14,18H,6-7,12-13H2,1-5H3. The highest BCUT2D eigenvalue weighted by molar-refractivity contribution is 5.59. The highest BCUT2D eigenvalue weighted by Gasteiger charge is 2.33. The third-order valence-electron chi connectivity index (χ3n) is 4.65. The molecule has 0 radical (unpaired) electrons. The second-order valence-corrected chi connectivity index (χ2v) is 6.40. The highest BCUT2D eigenvalue weighted by atomic mass is 15.3. The first-order valence-corrected chi connectivity index (χ1v) is 7.78. The summed E-state index contributed by atoms with van der Waals surface area (Å²) in [6.07, 6.45) is 2.34. The van der Waals surface area contributed by atoms with Gasteiger partial charge in [-0.2, -0.15) is 0 Å². The number of hydrogen-bond donors (Lipinski definition) is 1. The first-order chi connectivity index (χ1) is 9.49. The largest absolute Gasteiger partial charge is 0.378 e. The fourth-order valence-corrected chi connectivity index (χ4v) is 2.89. The van der Waals surface area contributed by atoms with Crippen molar-refractivity contribution >= 4 is 11.4 Å². The van der Waals surface area contributed by atoms with Crippen molar-refractivity contribution in [3.05, 3.63) is 24.3 Å². The van der Waals surface area contributed by atoms with Crippen molar-refractivity contribution in [3.8, 4) is 0 Å². The number of benzene rings is 1. The Morgan fingerprint density at radius 2 is 2.10 bits per heavy atom. The van der Waals surface area contributed by atoms with Gasteiger partial charge in [-0.05, 0) is 38.0 Å². The summed E-state index contributed by atoms with van der Waals surface area (Å²) in [4.78, 5) is 4.76. The van der Waals surface area contributed by atoms with Crippen LogP contribution in [0.15, 0.2) is 24.3 Å². The Morgan fingerprint density at radius 3 is 2.70 bits per heavy atom. The van der Waals surface area contributed by atoms with Crippen LogP contribution in [-0.2, 0) is 0 Å². The Bertz CT molecular complexity index is 444. The topological polar surface area (TPSA) is 18.5 Å². The molecule has 0 spiro atoms. The maximum Gasteiger partial charge on any atom is 0.0412 e. The van der Waals surface area contributed by atoms with Gasteiger partial charge in [0.15, 0.2) is 0 Å². The summed E-state index contributed by atoms with van der Waals surface area (Å²) >= 11 is 0. The van der Waals surface area contributed by atoms with Crippen LogP contribution in [-0.4, -0.2) is 38.8 Å². The molecule has 112 valence electrons. The molecule has 2 rings (SSSR count). The van der Waals surface area contributed by atoms with Gasteiger partial charge in [0.1, 0.15) is 0 Å². The van der Waals surface area contributed by atoms with Gasteiger partial charge in [0.2, 0.25) is 0 Å². The van der Waals surface area contributed by atoms with Crippen LogP contribution in [0.3, 0.4) is 0 Å². The van der Waals surface area contributed by atoms with Crippen LogP contribution < -0.4 is 15.1 Å². The Morgan fingerprint density at radius 1 is 1.35 bits per heavy atom. The lowest BCUT2D eigenvalue weighted by molar-refractivity contribution is 0.276. The van der Waals surface area contributed by atoms with E-state index in [0.29, 0.717) is 6.04 Å². The van der Waals surface area contributed by atoms with Crippen LogP contribution in [0, 0.1) is 0 Å². The van der Waals surface area contributed by atoms with Gasteiger partial charge in [-0.1, -0.05) is 19.9 Å². The van der Waals surface area contributed by atoms with E-state index in [-0.39, 0.29) is 5.54 Å². The van der Waals surface area contributed by atoms with Gasteiger partial charge in [0.05, 0.1) is 0 Å². The zero-order valence-electron chi connectivity index (χ0n) is 13.6. The van der Waals surface area contributed by atoms with Crippen molar-refractivity contribution < 1.29 is 0 Å². The lowest BCUT2D eigenvalue weighted by Crippen LogP contribution is -2.62. The maximum atomic E-state index is 3.73. The van der Waals surface area contributed by atoms with Gasteiger partial charge in [0, 0.05) is 50.1 Å². The van der Waals surface area contributed by atoms with E-state index in [0.717, 1.165) is 19.5 Å². The molecule has 0 aliphatic carbocycles. The minimum absolute atomic E-state index is 0.222. The average molecular weight is 275 g/mol. The molecule has 1 N–H and O–H groups in total. The molecule has 0 aromatic heterocycles. The Balaban J connectivity index is 2.29. The molecule has 1 aromatic carbocycles. The van der Waals surface area contributed by atoms with Crippen molar-refractivity contribution in [2.24, 2.45) is 0 Å². The number of anilines is 2. The monoisotopic (exact) mass is 275 g/mol. The zero-order chi connectivity index (χ0) is 14.8. The molecule has 0 bridgehead atoms. The molecule has 3 nitrogen and oxygen atoms in total. The molecule has 1 heterocycles. The minimum atomic E-state index is 0.222. The average Bonchev–Trinajstić information content (AvgIpc) is 2.47. The third-order valence-corrected chi connectivity index (χ3v) is 4.65. The molecule has 1 saturated heterocycles. The smallest absolute Gasteiger partial charge is 0.0412 e. The van der Waals surface area contributed by atoms with Gasteiger partial charge in [-0.3, -0.25) is 0 Å². The molecule has 0 saturated carbocycles. The summed E-state index contributed by atoms with van der Waals surface area (Å²) in [7, 11) is 4.20. The van der Waals surface area contributed by atoms with Crippen LogP contribution in [0.1, 0.15) is 33.6 Å². The van der Waals surface area contributed by atoms with E-state index in [1.807, 2.05) is 0 Å². The van der Waals surface area contributed by atoms with E-state index in [2.05, 4.69) is 74.2 Å². The van der Waals surface area contributed by atoms with Crippen molar-refractivity contribution in [2.75, 3.05) is 37.0 Å². The highest BCUT2D eigenvalue weighted by Crippen LogP contribution is 2.29. The molecule has 2 unspecified atom stereocenters. The number of hydrogen-bond acceptors (Lipinski definition) is 3. The predicted octanol–water partition coefficient (Wildman–Crippen LogP) is 3.11. The van der Waals surface area contributed by atoms with Crippen LogP contribution in [0.2, 0.25) is 0 Å². The molecule has 1 aliphatic heterocycles. The number of rotatable bonds is 4. The normalized spacial score (nSPS) is 26.6. The number of nitrogens with one attached hydrogen (secondary N) is 1. The van der Waals surface area contributed by atoms with Crippen LogP contribution in [0.25, 0.3) is 0 Å². The molecule has 1 aromatic rings. The SMILES string of the molecule is CCC1CNC(C)(CC)CN1c1cccc(N(C)C)c1. The zero-order valence-corrected chi connectivity index (χ0v) is 13.6. The van der Waals surface area contributed by atoms with E-state index < -0.39 is 0 Å². The summed E-state index contributed by atoms with van der Waals surface area (Å²) in [5, 5.41) is 3.73. The van der Waals surface area contributed by atoms with E-state index in [4.69, 9.17) is 0 Å². The lowest BCUT2D eigenvalue weighted by atomic mass is 9.92. The molecular formula is C17H29N3. The Hall–Kier alpha value is -1.22. The summed E-state index contributed by atoms with van der Waals surface area (Å²) in [5.74, 6) is 0. The molecule has 2 atom stereocenters. The third kappa shape index (κ3) is 3.09. The molecule has 3 heteroatoms. The van der Waals surface area contributed by atoms with Crippen molar-refractivity contribution in [1.29, 1.82) is 0 Å². The van der Waals surface area contributed by atoms with E-state index in [1.54, 1.807) is 0 Å². The summed E-state index contributed by atoms with van der Waals surface area (Å²) in [6.45, 7) is 9.05. The van der Waals surface area contributed by atoms with Gasteiger partial charge >= 0.3 is 0 Å². The number of piperazine rings is 1. The van der Waals surface area contributed by atoms with E-state index in [9.17, 15) is 0 Å². The fraction of sp³-hybridized carbons (Fsp3) is 0.647. The van der Waals surface area contributed by atoms with Gasteiger partial charge in [0.25, 0.3) is 0 Å². The lowest BCUT2D eigenvalue weighted by Gasteiger charge is -2.47. The summed E-state index contributed by atoms with van der Waals surface area (Å²) in [6, 6.07) is 9.49. The second-order valence-electron chi connectivity index (χ2n) is 6.40. The molecule has 1 fully saturated rings. The fourth-order valence-electron chi connectivity index (χ4n) is 2.89. The quantitative estimate of drug-likeness (QED) is 0.911. The summed E-state index contributed by atoms with van der Waals surface area (Å²) < 4.78 is 0.